The standard InChI is InChI=1S/C12H24N2/c13-14-12(9-8-10-6-7-10)11-4-2-1-3-5-11/h10-12,14H,1-9,13H2. The molecule has 0 aromatic heterocycles. The van der Waals surface area contributed by atoms with Gasteiger partial charge < -0.3 is 0 Å². The minimum absolute atomic E-state index is 0.607. The molecule has 2 saturated carbocycles. The number of hydrogen-bond donors (Lipinski definition) is 2. The molecular formula is C12H24N2. The molecule has 0 amide bonds. The SMILES string of the molecule is NNC(CCC1CC1)C1CCCCC1. The molecule has 3 N–H and O–H groups in total. The molecule has 0 heterocycles. The Morgan fingerprint density at radius 1 is 1.07 bits per heavy atom. The molecule has 2 rings (SSSR count). The third kappa shape index (κ3) is 2.96. The van der Waals surface area contributed by atoms with Crippen molar-refractivity contribution >= 4 is 0 Å². The summed E-state index contributed by atoms with van der Waals surface area (Å²) in [4.78, 5) is 0. The molecular weight excluding hydrogens is 172 g/mol. The molecule has 2 heteroatoms. The lowest BCUT2D eigenvalue weighted by atomic mass is 9.82. The molecule has 2 fully saturated rings. The Balaban J connectivity index is 1.71. The Bertz CT molecular complexity index is 160. The van der Waals surface area contributed by atoms with Crippen molar-refractivity contribution in [1.29, 1.82) is 0 Å². The van der Waals surface area contributed by atoms with Gasteiger partial charge in [-0.2, -0.15) is 0 Å². The van der Waals surface area contributed by atoms with Crippen molar-refractivity contribution in [2.45, 2.75) is 63.8 Å². The third-order valence-corrected chi connectivity index (χ3v) is 4.02. The van der Waals surface area contributed by atoms with Gasteiger partial charge in [-0.25, -0.2) is 0 Å². The lowest BCUT2D eigenvalue weighted by Crippen LogP contribution is -2.41. The van der Waals surface area contributed by atoms with Crippen LogP contribution in [0, 0.1) is 11.8 Å². The monoisotopic (exact) mass is 196 g/mol. The number of rotatable bonds is 5. The van der Waals surface area contributed by atoms with Crippen LogP contribution in [0.15, 0.2) is 0 Å². The minimum atomic E-state index is 0.607. The van der Waals surface area contributed by atoms with Crippen LogP contribution < -0.4 is 11.3 Å². The fraction of sp³-hybridized carbons (Fsp3) is 1.00. The Morgan fingerprint density at radius 2 is 1.79 bits per heavy atom. The van der Waals surface area contributed by atoms with Gasteiger partial charge in [0.1, 0.15) is 0 Å². The van der Waals surface area contributed by atoms with E-state index in [1.807, 2.05) is 0 Å². The highest BCUT2D eigenvalue weighted by Crippen LogP contribution is 2.36. The molecule has 0 aliphatic heterocycles. The second kappa shape index (κ2) is 5.13. The number of hydrazine groups is 1. The van der Waals surface area contributed by atoms with Crippen LogP contribution in [-0.4, -0.2) is 6.04 Å². The van der Waals surface area contributed by atoms with E-state index < -0.39 is 0 Å². The molecule has 0 radical (unpaired) electrons. The molecule has 1 unspecified atom stereocenters. The van der Waals surface area contributed by atoms with E-state index in [4.69, 9.17) is 5.84 Å². The zero-order valence-electron chi connectivity index (χ0n) is 9.17. The van der Waals surface area contributed by atoms with E-state index in [0.29, 0.717) is 6.04 Å². The fourth-order valence-electron chi connectivity index (χ4n) is 2.81. The molecule has 1 atom stereocenters. The van der Waals surface area contributed by atoms with Gasteiger partial charge in [0.15, 0.2) is 0 Å². The van der Waals surface area contributed by atoms with Crippen LogP contribution >= 0.6 is 0 Å². The van der Waals surface area contributed by atoms with Gasteiger partial charge in [-0.1, -0.05) is 32.1 Å². The van der Waals surface area contributed by atoms with Gasteiger partial charge in [0.05, 0.1) is 0 Å². The van der Waals surface area contributed by atoms with Crippen molar-refractivity contribution in [3.63, 3.8) is 0 Å². The first-order valence-electron chi connectivity index (χ1n) is 6.36. The summed E-state index contributed by atoms with van der Waals surface area (Å²) < 4.78 is 0. The average molecular weight is 196 g/mol. The Labute approximate surface area is 87.6 Å². The summed E-state index contributed by atoms with van der Waals surface area (Å²) in [6.07, 6.45) is 12.8. The molecule has 82 valence electrons. The van der Waals surface area contributed by atoms with Crippen molar-refractivity contribution < 1.29 is 0 Å². The smallest absolute Gasteiger partial charge is 0.0238 e. The Morgan fingerprint density at radius 3 is 2.36 bits per heavy atom. The van der Waals surface area contributed by atoms with E-state index in [1.54, 1.807) is 0 Å². The van der Waals surface area contributed by atoms with Crippen molar-refractivity contribution in [2.24, 2.45) is 17.7 Å². The summed E-state index contributed by atoms with van der Waals surface area (Å²) in [5, 5.41) is 0. The van der Waals surface area contributed by atoms with Gasteiger partial charge in [0.2, 0.25) is 0 Å². The summed E-state index contributed by atoms with van der Waals surface area (Å²) >= 11 is 0. The maximum absolute atomic E-state index is 5.66. The molecule has 0 aromatic rings. The van der Waals surface area contributed by atoms with Crippen molar-refractivity contribution in [2.75, 3.05) is 0 Å². The van der Waals surface area contributed by atoms with Gasteiger partial charge in [-0.3, -0.25) is 11.3 Å². The summed E-state index contributed by atoms with van der Waals surface area (Å²) in [6, 6.07) is 0.607. The quantitative estimate of drug-likeness (QED) is 0.524. The predicted molar refractivity (Wildman–Crippen MR) is 59.6 cm³/mol. The highest BCUT2D eigenvalue weighted by Gasteiger charge is 2.26. The van der Waals surface area contributed by atoms with Crippen LogP contribution in [0.2, 0.25) is 0 Å². The van der Waals surface area contributed by atoms with Crippen LogP contribution in [0.1, 0.15) is 57.8 Å². The van der Waals surface area contributed by atoms with Gasteiger partial charge in [-0.05, 0) is 37.5 Å². The lowest BCUT2D eigenvalue weighted by molar-refractivity contribution is 0.254. The lowest BCUT2D eigenvalue weighted by Gasteiger charge is -2.29. The van der Waals surface area contributed by atoms with Crippen molar-refractivity contribution in [3.05, 3.63) is 0 Å². The zero-order chi connectivity index (χ0) is 9.80. The first kappa shape index (κ1) is 10.4. The molecule has 2 nitrogen and oxygen atoms in total. The van der Waals surface area contributed by atoms with Crippen molar-refractivity contribution in [1.82, 2.24) is 5.43 Å². The maximum Gasteiger partial charge on any atom is 0.0238 e. The minimum Gasteiger partial charge on any atom is -0.271 e. The Kier molecular flexibility index (Phi) is 3.82. The summed E-state index contributed by atoms with van der Waals surface area (Å²) in [6.45, 7) is 0. The molecule has 0 bridgehead atoms. The number of nitrogens with one attached hydrogen (secondary N) is 1. The summed E-state index contributed by atoms with van der Waals surface area (Å²) in [5.41, 5.74) is 3.05. The molecule has 2 aliphatic rings. The zero-order valence-corrected chi connectivity index (χ0v) is 9.17. The van der Waals surface area contributed by atoms with Crippen LogP contribution in [0.4, 0.5) is 0 Å². The first-order chi connectivity index (χ1) is 6.90. The molecule has 0 aromatic carbocycles. The maximum atomic E-state index is 5.66. The molecule has 2 aliphatic carbocycles. The average Bonchev–Trinajstić information content (AvgIpc) is 3.04. The van der Waals surface area contributed by atoms with E-state index in [-0.39, 0.29) is 0 Å². The van der Waals surface area contributed by atoms with E-state index >= 15 is 0 Å². The number of hydrogen-bond acceptors (Lipinski definition) is 2. The van der Waals surface area contributed by atoms with Gasteiger partial charge in [-0.15, -0.1) is 0 Å². The van der Waals surface area contributed by atoms with Crippen LogP contribution in [0.3, 0.4) is 0 Å². The van der Waals surface area contributed by atoms with E-state index in [2.05, 4.69) is 5.43 Å². The predicted octanol–water partition coefficient (Wildman–Crippen LogP) is 2.59. The van der Waals surface area contributed by atoms with Gasteiger partial charge in [0.25, 0.3) is 0 Å². The molecule has 14 heavy (non-hydrogen) atoms. The van der Waals surface area contributed by atoms with Crippen molar-refractivity contribution in [3.8, 4) is 0 Å². The van der Waals surface area contributed by atoms with Crippen LogP contribution in [-0.2, 0) is 0 Å². The molecule has 0 saturated heterocycles. The second-order valence-corrected chi connectivity index (χ2v) is 5.19. The molecule has 0 spiro atoms. The van der Waals surface area contributed by atoms with Gasteiger partial charge in [0, 0.05) is 6.04 Å². The van der Waals surface area contributed by atoms with Crippen LogP contribution in [0.25, 0.3) is 0 Å². The largest absolute Gasteiger partial charge is 0.271 e. The van der Waals surface area contributed by atoms with Crippen LogP contribution in [0.5, 0.6) is 0 Å². The fourth-order valence-corrected chi connectivity index (χ4v) is 2.81. The van der Waals surface area contributed by atoms with E-state index in [1.165, 1.54) is 57.8 Å². The highest BCUT2D eigenvalue weighted by atomic mass is 15.2. The van der Waals surface area contributed by atoms with E-state index in [0.717, 1.165) is 11.8 Å². The first-order valence-corrected chi connectivity index (χ1v) is 6.36. The second-order valence-electron chi connectivity index (χ2n) is 5.19. The Hall–Kier alpha value is -0.0800. The van der Waals surface area contributed by atoms with E-state index in [9.17, 15) is 0 Å². The normalized spacial score (nSPS) is 26.4. The number of nitrogens with two attached hydrogens (primary N) is 1. The summed E-state index contributed by atoms with van der Waals surface area (Å²) in [7, 11) is 0. The van der Waals surface area contributed by atoms with Gasteiger partial charge >= 0.3 is 0 Å². The topological polar surface area (TPSA) is 38.0 Å². The third-order valence-electron chi connectivity index (χ3n) is 4.02. The highest BCUT2D eigenvalue weighted by molar-refractivity contribution is 4.81. The summed E-state index contributed by atoms with van der Waals surface area (Å²) in [5.74, 6) is 7.58.